The Morgan fingerprint density at radius 2 is 2.00 bits per heavy atom. The van der Waals surface area contributed by atoms with Crippen LogP contribution in [0.4, 0.5) is 0 Å². The van der Waals surface area contributed by atoms with Gasteiger partial charge in [-0.25, -0.2) is 0 Å². The lowest BCUT2D eigenvalue weighted by Crippen LogP contribution is -2.40. The van der Waals surface area contributed by atoms with Gasteiger partial charge in [0, 0.05) is 25.9 Å². The minimum absolute atomic E-state index is 0.221. The molecule has 1 N–H and O–H groups in total. The normalized spacial score (nSPS) is 19.7. The molecule has 0 aromatic carbocycles. The average Bonchev–Trinajstić information content (AvgIpc) is 2.42. The molecule has 0 aromatic heterocycles. The fraction of sp³-hybridized carbons (Fsp3) is 0.867. The zero-order chi connectivity index (χ0) is 14.3. The lowest BCUT2D eigenvalue weighted by Gasteiger charge is -2.33. The van der Waals surface area contributed by atoms with Crippen molar-refractivity contribution in [2.45, 2.75) is 58.8 Å². The minimum atomic E-state index is -0.736. The second-order valence-electron chi connectivity index (χ2n) is 5.67. The summed E-state index contributed by atoms with van der Waals surface area (Å²) in [6.07, 6.45) is 5.75. The van der Waals surface area contributed by atoms with E-state index in [1.54, 1.807) is 0 Å². The average molecular weight is 269 g/mol. The Balaban J connectivity index is 2.40. The second-order valence-corrected chi connectivity index (χ2v) is 5.67. The highest BCUT2D eigenvalue weighted by molar-refractivity contribution is 5.76. The van der Waals surface area contributed by atoms with E-state index in [-0.39, 0.29) is 12.3 Å². The number of hydrogen-bond donors (Lipinski definition) is 1. The molecule has 1 heterocycles. The van der Waals surface area contributed by atoms with Crippen LogP contribution in [0.5, 0.6) is 0 Å². The summed E-state index contributed by atoms with van der Waals surface area (Å²) in [5, 5.41) is 8.72. The molecule has 19 heavy (non-hydrogen) atoms. The smallest absolute Gasteiger partial charge is 0.303 e. The first-order valence-corrected chi connectivity index (χ1v) is 7.56. The summed E-state index contributed by atoms with van der Waals surface area (Å²) in [5.74, 6) is 0.386. The van der Waals surface area contributed by atoms with E-state index in [9.17, 15) is 9.59 Å². The van der Waals surface area contributed by atoms with Crippen molar-refractivity contribution >= 4 is 11.9 Å². The monoisotopic (exact) mass is 269 g/mol. The Kier molecular flexibility index (Phi) is 6.89. The highest BCUT2D eigenvalue weighted by Gasteiger charge is 2.24. The van der Waals surface area contributed by atoms with Crippen LogP contribution < -0.4 is 0 Å². The van der Waals surface area contributed by atoms with E-state index in [1.165, 1.54) is 0 Å². The van der Waals surface area contributed by atoms with E-state index in [0.717, 1.165) is 38.8 Å². The predicted octanol–water partition coefficient (Wildman–Crippen LogP) is 2.92. The molecular formula is C15H27NO3. The number of carboxylic acids is 1. The molecule has 0 aliphatic carbocycles. The van der Waals surface area contributed by atoms with Crippen LogP contribution in [-0.2, 0) is 9.59 Å². The number of carbonyl (C=O) groups excluding carboxylic acids is 1. The van der Waals surface area contributed by atoms with Gasteiger partial charge in [-0.05, 0) is 31.1 Å². The first-order chi connectivity index (χ1) is 9.06. The van der Waals surface area contributed by atoms with Gasteiger partial charge >= 0.3 is 5.97 Å². The fourth-order valence-corrected chi connectivity index (χ4v) is 2.81. The van der Waals surface area contributed by atoms with Crippen LogP contribution in [0.3, 0.4) is 0 Å². The molecule has 4 nitrogen and oxygen atoms in total. The van der Waals surface area contributed by atoms with Gasteiger partial charge in [0.25, 0.3) is 0 Å². The highest BCUT2D eigenvalue weighted by atomic mass is 16.4. The van der Waals surface area contributed by atoms with Crippen molar-refractivity contribution in [1.82, 2.24) is 4.90 Å². The van der Waals surface area contributed by atoms with Gasteiger partial charge in [-0.1, -0.05) is 26.7 Å². The van der Waals surface area contributed by atoms with E-state index in [1.807, 2.05) is 4.90 Å². The zero-order valence-corrected chi connectivity index (χ0v) is 12.2. The molecule has 110 valence electrons. The molecule has 1 atom stereocenters. The first-order valence-electron chi connectivity index (χ1n) is 7.56. The van der Waals surface area contributed by atoms with E-state index < -0.39 is 5.97 Å². The van der Waals surface area contributed by atoms with Crippen molar-refractivity contribution in [2.75, 3.05) is 13.1 Å². The summed E-state index contributed by atoms with van der Waals surface area (Å²) in [6.45, 7) is 5.87. The molecule has 0 aromatic rings. The Labute approximate surface area is 116 Å². The number of amides is 1. The summed E-state index contributed by atoms with van der Waals surface area (Å²) >= 11 is 0. The summed E-state index contributed by atoms with van der Waals surface area (Å²) in [5.41, 5.74) is 0. The van der Waals surface area contributed by atoms with Crippen LogP contribution in [0.15, 0.2) is 0 Å². The van der Waals surface area contributed by atoms with Gasteiger partial charge in [0.1, 0.15) is 0 Å². The molecule has 1 rings (SSSR count). The van der Waals surface area contributed by atoms with E-state index in [2.05, 4.69) is 13.8 Å². The molecule has 1 amide bonds. The van der Waals surface area contributed by atoms with Gasteiger partial charge < -0.3 is 10.0 Å². The third-order valence-electron chi connectivity index (χ3n) is 4.26. The summed E-state index contributed by atoms with van der Waals surface area (Å²) in [7, 11) is 0. The molecule has 1 fully saturated rings. The lowest BCUT2D eigenvalue weighted by atomic mass is 9.92. The zero-order valence-electron chi connectivity index (χ0n) is 12.2. The fourth-order valence-electron chi connectivity index (χ4n) is 2.81. The minimum Gasteiger partial charge on any atom is -0.481 e. The molecule has 1 saturated heterocycles. The summed E-state index contributed by atoms with van der Waals surface area (Å²) < 4.78 is 0. The molecule has 0 spiro atoms. The molecule has 1 aliphatic rings. The Bertz CT molecular complexity index is 300. The largest absolute Gasteiger partial charge is 0.481 e. The molecule has 4 heteroatoms. The Hall–Kier alpha value is -1.06. The number of carbonyl (C=O) groups is 2. The van der Waals surface area contributed by atoms with E-state index in [0.29, 0.717) is 24.7 Å². The van der Waals surface area contributed by atoms with Crippen molar-refractivity contribution in [3.05, 3.63) is 0 Å². The Morgan fingerprint density at radius 1 is 1.32 bits per heavy atom. The third-order valence-corrected chi connectivity index (χ3v) is 4.26. The lowest BCUT2D eigenvalue weighted by molar-refractivity contribution is -0.137. The highest BCUT2D eigenvalue weighted by Crippen LogP contribution is 2.23. The number of piperidine rings is 1. The van der Waals surface area contributed by atoms with Crippen molar-refractivity contribution in [3.8, 4) is 0 Å². The van der Waals surface area contributed by atoms with Gasteiger partial charge in [0.2, 0.25) is 5.91 Å². The number of carboxylic acid groups (broad SMARTS) is 1. The molecule has 0 radical (unpaired) electrons. The number of aliphatic carboxylic acids is 1. The second kappa shape index (κ2) is 8.18. The number of rotatable bonds is 7. The molecule has 0 bridgehead atoms. The van der Waals surface area contributed by atoms with Crippen molar-refractivity contribution in [3.63, 3.8) is 0 Å². The number of hydrogen-bond acceptors (Lipinski definition) is 2. The standard InChI is InChI=1S/C15H27NO3/c1-3-12(4-2)10-14(17)16-9-5-6-13(11-16)7-8-15(18)19/h12-13H,3-11H2,1-2H3,(H,18,19). The first kappa shape index (κ1) is 16.0. The van der Waals surface area contributed by atoms with Crippen LogP contribution in [0.25, 0.3) is 0 Å². The van der Waals surface area contributed by atoms with E-state index >= 15 is 0 Å². The Morgan fingerprint density at radius 3 is 2.58 bits per heavy atom. The maximum Gasteiger partial charge on any atom is 0.303 e. The topological polar surface area (TPSA) is 57.6 Å². The quantitative estimate of drug-likeness (QED) is 0.773. The maximum absolute atomic E-state index is 12.2. The number of nitrogens with zero attached hydrogens (tertiary/aromatic N) is 1. The van der Waals surface area contributed by atoms with Crippen LogP contribution >= 0.6 is 0 Å². The summed E-state index contributed by atoms with van der Waals surface area (Å²) in [4.78, 5) is 24.8. The summed E-state index contributed by atoms with van der Waals surface area (Å²) in [6, 6.07) is 0. The van der Waals surface area contributed by atoms with Crippen molar-refractivity contribution in [1.29, 1.82) is 0 Å². The van der Waals surface area contributed by atoms with Gasteiger partial charge in [-0.3, -0.25) is 9.59 Å². The number of likely N-dealkylation sites (tertiary alicyclic amines) is 1. The third kappa shape index (κ3) is 5.62. The molecule has 0 saturated carbocycles. The molecule has 1 aliphatic heterocycles. The van der Waals surface area contributed by atoms with Crippen LogP contribution in [0.2, 0.25) is 0 Å². The SMILES string of the molecule is CCC(CC)CC(=O)N1CCCC(CCC(=O)O)C1. The molecule has 1 unspecified atom stereocenters. The van der Waals surface area contributed by atoms with Gasteiger partial charge in [-0.15, -0.1) is 0 Å². The van der Waals surface area contributed by atoms with Crippen molar-refractivity contribution in [2.24, 2.45) is 11.8 Å². The molecular weight excluding hydrogens is 242 g/mol. The maximum atomic E-state index is 12.2. The van der Waals surface area contributed by atoms with Crippen molar-refractivity contribution < 1.29 is 14.7 Å². The van der Waals surface area contributed by atoms with Crippen LogP contribution in [-0.4, -0.2) is 35.0 Å². The van der Waals surface area contributed by atoms with Gasteiger partial charge in [-0.2, -0.15) is 0 Å². The predicted molar refractivity (Wildman–Crippen MR) is 74.9 cm³/mol. The van der Waals surface area contributed by atoms with Crippen LogP contribution in [0.1, 0.15) is 58.8 Å². The van der Waals surface area contributed by atoms with Gasteiger partial charge in [0.15, 0.2) is 0 Å². The van der Waals surface area contributed by atoms with E-state index in [4.69, 9.17) is 5.11 Å². The van der Waals surface area contributed by atoms with Gasteiger partial charge in [0.05, 0.1) is 0 Å². The van der Waals surface area contributed by atoms with Crippen LogP contribution in [0, 0.1) is 11.8 Å².